The number of ether oxygens (including phenoxy) is 2. The molecule has 0 bridgehead atoms. The van der Waals surface area contributed by atoms with E-state index in [9.17, 15) is 0 Å². The van der Waals surface area contributed by atoms with Crippen molar-refractivity contribution >= 4 is 23.0 Å². The van der Waals surface area contributed by atoms with Crippen LogP contribution in [0.5, 0.6) is 11.5 Å². The molecule has 122 valence electrons. The van der Waals surface area contributed by atoms with E-state index >= 15 is 0 Å². The Morgan fingerprint density at radius 2 is 1.77 bits per heavy atom. The average molecular weight is 322 g/mol. The predicted molar refractivity (Wildman–Crippen MR) is 95.1 cm³/mol. The van der Waals surface area contributed by atoms with E-state index in [1.165, 1.54) is 25.7 Å². The van der Waals surface area contributed by atoms with E-state index in [1.807, 2.05) is 19.1 Å². The van der Waals surface area contributed by atoms with Gasteiger partial charge in [-0.1, -0.05) is 19.8 Å². The maximum absolute atomic E-state index is 5.48. The molecule has 2 N–H and O–H groups in total. The number of methoxy groups -OCH3 is 2. The SMILES string of the molecule is COc1cc(C)c(NC(=S)N[C@@H]2CCCC[C@@H]2C)cc1OC. The third-order valence-corrected chi connectivity index (χ3v) is 4.63. The van der Waals surface area contributed by atoms with Crippen molar-refractivity contribution in [1.29, 1.82) is 0 Å². The molecule has 1 aliphatic carbocycles. The molecule has 0 aliphatic heterocycles. The summed E-state index contributed by atoms with van der Waals surface area (Å²) in [4.78, 5) is 0. The maximum Gasteiger partial charge on any atom is 0.171 e. The Balaban J connectivity index is 2.04. The van der Waals surface area contributed by atoms with Crippen molar-refractivity contribution in [2.45, 2.75) is 45.6 Å². The number of thiocarbonyl (C=S) groups is 1. The van der Waals surface area contributed by atoms with Crippen LogP contribution in [0, 0.1) is 12.8 Å². The Kier molecular flexibility index (Phi) is 5.89. The lowest BCUT2D eigenvalue weighted by molar-refractivity contribution is 0.309. The molecule has 4 nitrogen and oxygen atoms in total. The quantitative estimate of drug-likeness (QED) is 0.824. The number of rotatable bonds is 4. The molecule has 2 rings (SSSR count). The van der Waals surface area contributed by atoms with E-state index in [1.54, 1.807) is 14.2 Å². The predicted octanol–water partition coefficient (Wildman–Crippen LogP) is 3.88. The third-order valence-electron chi connectivity index (χ3n) is 4.41. The summed E-state index contributed by atoms with van der Waals surface area (Å²) in [6.07, 6.45) is 5.07. The van der Waals surface area contributed by atoms with Crippen molar-refractivity contribution in [2.24, 2.45) is 5.92 Å². The van der Waals surface area contributed by atoms with Gasteiger partial charge in [0, 0.05) is 17.8 Å². The first-order valence-electron chi connectivity index (χ1n) is 7.85. The minimum absolute atomic E-state index is 0.467. The zero-order valence-corrected chi connectivity index (χ0v) is 14.7. The minimum Gasteiger partial charge on any atom is -0.493 e. The first kappa shape index (κ1) is 16.9. The standard InChI is InChI=1S/C17H26N2O2S/c1-11-7-5-6-8-13(11)18-17(22)19-14-10-16(21-4)15(20-3)9-12(14)2/h9-11,13H,5-8H2,1-4H3,(H2,18,19,22)/t11-,13+/m0/s1. The first-order valence-corrected chi connectivity index (χ1v) is 8.26. The molecule has 0 radical (unpaired) electrons. The van der Waals surface area contributed by atoms with E-state index < -0.39 is 0 Å². The van der Waals surface area contributed by atoms with Crippen LogP contribution in [0.1, 0.15) is 38.2 Å². The molecule has 1 aromatic carbocycles. The zero-order chi connectivity index (χ0) is 16.1. The second kappa shape index (κ2) is 7.68. The van der Waals surface area contributed by atoms with Gasteiger partial charge >= 0.3 is 0 Å². The smallest absolute Gasteiger partial charge is 0.171 e. The fourth-order valence-electron chi connectivity index (χ4n) is 2.97. The van der Waals surface area contributed by atoms with E-state index in [0.717, 1.165) is 17.0 Å². The zero-order valence-electron chi connectivity index (χ0n) is 13.9. The third kappa shape index (κ3) is 4.03. The summed E-state index contributed by atoms with van der Waals surface area (Å²) < 4.78 is 10.7. The van der Waals surface area contributed by atoms with E-state index in [0.29, 0.717) is 22.8 Å². The van der Waals surface area contributed by atoms with Crippen LogP contribution in [0.3, 0.4) is 0 Å². The lowest BCUT2D eigenvalue weighted by atomic mass is 9.86. The van der Waals surface area contributed by atoms with Crippen LogP contribution in [0.2, 0.25) is 0 Å². The van der Waals surface area contributed by atoms with Gasteiger partial charge < -0.3 is 20.1 Å². The molecule has 0 unspecified atom stereocenters. The van der Waals surface area contributed by atoms with Crippen molar-refractivity contribution in [3.8, 4) is 11.5 Å². The second-order valence-corrected chi connectivity index (χ2v) is 6.40. The molecular weight excluding hydrogens is 296 g/mol. The molecule has 0 heterocycles. The summed E-state index contributed by atoms with van der Waals surface area (Å²) in [6.45, 7) is 4.32. The van der Waals surface area contributed by atoms with E-state index in [-0.39, 0.29) is 0 Å². The Morgan fingerprint density at radius 1 is 1.14 bits per heavy atom. The summed E-state index contributed by atoms with van der Waals surface area (Å²) in [5.41, 5.74) is 2.01. The van der Waals surface area contributed by atoms with Gasteiger partial charge in [-0.15, -0.1) is 0 Å². The molecule has 0 saturated heterocycles. The highest BCUT2D eigenvalue weighted by Gasteiger charge is 2.22. The molecule has 0 aromatic heterocycles. The molecule has 1 aromatic rings. The van der Waals surface area contributed by atoms with E-state index in [4.69, 9.17) is 21.7 Å². The summed E-state index contributed by atoms with van der Waals surface area (Å²) in [7, 11) is 3.28. The normalized spacial score (nSPS) is 21.1. The van der Waals surface area contributed by atoms with Gasteiger partial charge in [0.05, 0.1) is 14.2 Å². The van der Waals surface area contributed by atoms with Gasteiger partial charge in [-0.25, -0.2) is 0 Å². The van der Waals surface area contributed by atoms with Gasteiger partial charge in [0.1, 0.15) is 0 Å². The Bertz CT molecular complexity index is 534. The van der Waals surface area contributed by atoms with Crippen molar-refractivity contribution in [1.82, 2.24) is 5.32 Å². The van der Waals surface area contributed by atoms with Crippen LogP contribution in [-0.2, 0) is 0 Å². The lowest BCUT2D eigenvalue weighted by Crippen LogP contribution is -2.43. The summed E-state index contributed by atoms with van der Waals surface area (Å²) in [5, 5.41) is 7.42. The molecular formula is C17H26N2O2S. The van der Waals surface area contributed by atoms with Crippen molar-refractivity contribution in [3.63, 3.8) is 0 Å². The molecule has 0 amide bonds. The molecule has 1 fully saturated rings. The van der Waals surface area contributed by atoms with Crippen molar-refractivity contribution < 1.29 is 9.47 Å². The summed E-state index contributed by atoms with van der Waals surface area (Å²) >= 11 is 5.48. The number of hydrogen-bond donors (Lipinski definition) is 2. The lowest BCUT2D eigenvalue weighted by Gasteiger charge is -2.30. The maximum atomic E-state index is 5.48. The van der Waals surface area contributed by atoms with Gasteiger partial charge in [0.2, 0.25) is 0 Å². The van der Waals surface area contributed by atoms with Crippen LogP contribution in [0.15, 0.2) is 12.1 Å². The molecule has 1 saturated carbocycles. The molecule has 0 spiro atoms. The van der Waals surface area contributed by atoms with Crippen molar-refractivity contribution in [2.75, 3.05) is 19.5 Å². The van der Waals surface area contributed by atoms with Gasteiger partial charge in [0.15, 0.2) is 16.6 Å². The molecule has 1 aliphatic rings. The van der Waals surface area contributed by atoms with Gasteiger partial charge in [0.25, 0.3) is 0 Å². The van der Waals surface area contributed by atoms with Crippen LogP contribution >= 0.6 is 12.2 Å². The number of nitrogens with one attached hydrogen (secondary N) is 2. The topological polar surface area (TPSA) is 42.5 Å². The Hall–Kier alpha value is -1.49. The van der Waals surface area contributed by atoms with Gasteiger partial charge in [-0.05, 0) is 49.5 Å². The number of hydrogen-bond acceptors (Lipinski definition) is 3. The number of benzene rings is 1. The summed E-state index contributed by atoms with van der Waals surface area (Å²) in [6, 6.07) is 4.34. The van der Waals surface area contributed by atoms with Crippen molar-refractivity contribution in [3.05, 3.63) is 17.7 Å². The Morgan fingerprint density at radius 3 is 2.41 bits per heavy atom. The minimum atomic E-state index is 0.467. The first-order chi connectivity index (χ1) is 10.5. The largest absolute Gasteiger partial charge is 0.493 e. The molecule has 2 atom stereocenters. The van der Waals surface area contributed by atoms with Gasteiger partial charge in [-0.3, -0.25) is 0 Å². The van der Waals surface area contributed by atoms with Crippen LogP contribution in [0.25, 0.3) is 0 Å². The Labute approximate surface area is 138 Å². The fourth-order valence-corrected chi connectivity index (χ4v) is 3.23. The average Bonchev–Trinajstić information content (AvgIpc) is 2.51. The van der Waals surface area contributed by atoms with Crippen LogP contribution < -0.4 is 20.1 Å². The number of aryl methyl sites for hydroxylation is 1. The fraction of sp³-hybridized carbons (Fsp3) is 0.588. The number of anilines is 1. The molecule has 22 heavy (non-hydrogen) atoms. The summed E-state index contributed by atoms with van der Waals surface area (Å²) in [5.74, 6) is 2.09. The van der Waals surface area contributed by atoms with Crippen LogP contribution in [0.4, 0.5) is 5.69 Å². The highest BCUT2D eigenvalue weighted by atomic mass is 32.1. The monoisotopic (exact) mass is 322 g/mol. The molecule has 5 heteroatoms. The highest BCUT2D eigenvalue weighted by molar-refractivity contribution is 7.80. The van der Waals surface area contributed by atoms with E-state index in [2.05, 4.69) is 17.6 Å². The van der Waals surface area contributed by atoms with Crippen LogP contribution in [-0.4, -0.2) is 25.4 Å². The highest BCUT2D eigenvalue weighted by Crippen LogP contribution is 2.33. The van der Waals surface area contributed by atoms with Gasteiger partial charge in [-0.2, -0.15) is 0 Å². The second-order valence-electron chi connectivity index (χ2n) is 5.99.